The number of carbonyl (C=O) groups is 2. The molecule has 1 aromatic rings. The second-order valence-corrected chi connectivity index (χ2v) is 5.29. The number of carbonyl (C=O) groups excluding carboxylic acids is 1. The van der Waals surface area contributed by atoms with Crippen molar-refractivity contribution >= 4 is 23.6 Å². The van der Waals surface area contributed by atoms with E-state index >= 15 is 0 Å². The molecule has 0 aromatic carbocycles. The van der Waals surface area contributed by atoms with E-state index in [2.05, 4.69) is 10.3 Å². The maximum atomic E-state index is 11.7. The quantitative estimate of drug-likeness (QED) is 0.745. The van der Waals surface area contributed by atoms with Gasteiger partial charge in [-0.05, 0) is 18.1 Å². The van der Waals surface area contributed by atoms with Gasteiger partial charge in [0.05, 0.1) is 5.75 Å². The van der Waals surface area contributed by atoms with Crippen molar-refractivity contribution in [2.75, 3.05) is 5.75 Å². The van der Waals surface area contributed by atoms with Crippen LogP contribution < -0.4 is 5.32 Å². The molecule has 19 heavy (non-hydrogen) atoms. The molecule has 1 amide bonds. The Labute approximate surface area is 116 Å². The van der Waals surface area contributed by atoms with Gasteiger partial charge in [-0.3, -0.25) is 9.78 Å². The number of aromatic nitrogens is 1. The van der Waals surface area contributed by atoms with Gasteiger partial charge in [0, 0.05) is 17.3 Å². The van der Waals surface area contributed by atoms with E-state index in [1.54, 1.807) is 24.5 Å². The van der Waals surface area contributed by atoms with Crippen molar-refractivity contribution < 1.29 is 14.7 Å². The number of amides is 1. The fourth-order valence-electron chi connectivity index (χ4n) is 1.48. The lowest BCUT2D eigenvalue weighted by molar-refractivity contribution is -0.143. The number of hydrogen-bond donors (Lipinski definition) is 2. The Hall–Kier alpha value is -1.56. The van der Waals surface area contributed by atoms with Crippen molar-refractivity contribution in [3.63, 3.8) is 0 Å². The summed E-state index contributed by atoms with van der Waals surface area (Å²) in [4.78, 5) is 27.6. The first-order valence-electron chi connectivity index (χ1n) is 6.09. The second-order valence-electron chi connectivity index (χ2n) is 4.24. The van der Waals surface area contributed by atoms with Crippen LogP contribution in [0.5, 0.6) is 0 Å². The summed E-state index contributed by atoms with van der Waals surface area (Å²) in [5, 5.41) is 11.6. The molecule has 0 saturated carbocycles. The molecule has 2 atom stereocenters. The summed E-state index contributed by atoms with van der Waals surface area (Å²) in [6.07, 6.45) is 4.01. The van der Waals surface area contributed by atoms with Gasteiger partial charge in [-0.1, -0.05) is 20.3 Å². The van der Waals surface area contributed by atoms with Gasteiger partial charge in [0.25, 0.3) is 0 Å². The maximum absolute atomic E-state index is 11.7. The number of nitrogens with zero attached hydrogens (tertiary/aromatic N) is 1. The topological polar surface area (TPSA) is 79.3 Å². The SMILES string of the molecule is CCC(C)[C@H](NC(=O)CSc1ccncc1)C(=O)O. The van der Waals surface area contributed by atoms with Crippen LogP contribution in [0, 0.1) is 5.92 Å². The number of aliphatic carboxylic acids is 1. The molecule has 5 nitrogen and oxygen atoms in total. The molecule has 0 aliphatic rings. The standard InChI is InChI=1S/C13H18N2O3S/c1-3-9(2)12(13(17)18)15-11(16)8-19-10-4-6-14-7-5-10/h4-7,9,12H,3,8H2,1-2H3,(H,15,16)(H,17,18)/t9?,12-/m0/s1. The van der Waals surface area contributed by atoms with Crippen LogP contribution in [-0.4, -0.2) is 33.8 Å². The van der Waals surface area contributed by atoms with Crippen molar-refractivity contribution in [2.45, 2.75) is 31.2 Å². The Bertz CT molecular complexity index is 425. The largest absolute Gasteiger partial charge is 0.480 e. The van der Waals surface area contributed by atoms with Gasteiger partial charge >= 0.3 is 5.97 Å². The first-order chi connectivity index (χ1) is 9.04. The van der Waals surface area contributed by atoms with Gasteiger partial charge in [0.2, 0.25) is 5.91 Å². The third-order valence-corrected chi connectivity index (χ3v) is 3.83. The predicted octanol–water partition coefficient (Wildman–Crippen LogP) is 1.79. The summed E-state index contributed by atoms with van der Waals surface area (Å²) < 4.78 is 0. The third-order valence-electron chi connectivity index (χ3n) is 2.82. The molecule has 0 aliphatic carbocycles. The van der Waals surface area contributed by atoms with Gasteiger partial charge in [0.1, 0.15) is 6.04 Å². The molecule has 6 heteroatoms. The summed E-state index contributed by atoms with van der Waals surface area (Å²) in [6, 6.07) is 2.79. The Morgan fingerprint density at radius 2 is 2.05 bits per heavy atom. The van der Waals surface area contributed by atoms with Gasteiger partial charge in [-0.15, -0.1) is 11.8 Å². The molecule has 1 rings (SSSR count). The van der Waals surface area contributed by atoms with Crippen molar-refractivity contribution in [2.24, 2.45) is 5.92 Å². The molecule has 0 spiro atoms. The lowest BCUT2D eigenvalue weighted by atomic mass is 9.99. The van der Waals surface area contributed by atoms with Gasteiger partial charge in [-0.2, -0.15) is 0 Å². The molecule has 0 aliphatic heterocycles. The highest BCUT2D eigenvalue weighted by molar-refractivity contribution is 8.00. The minimum Gasteiger partial charge on any atom is -0.480 e. The molecule has 2 N–H and O–H groups in total. The average Bonchev–Trinajstić information content (AvgIpc) is 2.42. The van der Waals surface area contributed by atoms with E-state index in [-0.39, 0.29) is 17.6 Å². The summed E-state index contributed by atoms with van der Waals surface area (Å²) in [7, 11) is 0. The molecule has 0 radical (unpaired) electrons. The zero-order valence-electron chi connectivity index (χ0n) is 11.0. The van der Waals surface area contributed by atoms with E-state index in [1.807, 2.05) is 13.8 Å². The van der Waals surface area contributed by atoms with E-state index in [1.165, 1.54) is 11.8 Å². The molecule has 1 unspecified atom stereocenters. The summed E-state index contributed by atoms with van der Waals surface area (Å²) >= 11 is 1.36. The van der Waals surface area contributed by atoms with Crippen molar-refractivity contribution in [3.05, 3.63) is 24.5 Å². The molecular formula is C13H18N2O3S. The molecule has 1 aromatic heterocycles. The van der Waals surface area contributed by atoms with Crippen LogP contribution in [0.1, 0.15) is 20.3 Å². The smallest absolute Gasteiger partial charge is 0.326 e. The highest BCUT2D eigenvalue weighted by atomic mass is 32.2. The van der Waals surface area contributed by atoms with E-state index in [0.717, 1.165) is 4.90 Å². The maximum Gasteiger partial charge on any atom is 0.326 e. The zero-order valence-corrected chi connectivity index (χ0v) is 11.8. The monoisotopic (exact) mass is 282 g/mol. The van der Waals surface area contributed by atoms with E-state index in [4.69, 9.17) is 5.11 Å². The predicted molar refractivity (Wildman–Crippen MR) is 74.0 cm³/mol. The third kappa shape index (κ3) is 5.30. The Balaban J connectivity index is 2.47. The van der Waals surface area contributed by atoms with Gasteiger partial charge in [-0.25, -0.2) is 4.79 Å². The van der Waals surface area contributed by atoms with E-state index in [9.17, 15) is 9.59 Å². The van der Waals surface area contributed by atoms with Crippen LogP contribution in [0.15, 0.2) is 29.4 Å². The minimum absolute atomic E-state index is 0.0904. The van der Waals surface area contributed by atoms with Gasteiger partial charge < -0.3 is 10.4 Å². The van der Waals surface area contributed by atoms with E-state index < -0.39 is 12.0 Å². The highest BCUT2D eigenvalue weighted by Gasteiger charge is 2.24. The minimum atomic E-state index is -0.989. The lowest BCUT2D eigenvalue weighted by Gasteiger charge is -2.19. The molecule has 0 bridgehead atoms. The second kappa shape index (κ2) is 7.78. The van der Waals surface area contributed by atoms with Gasteiger partial charge in [0.15, 0.2) is 0 Å². The molecule has 0 saturated heterocycles. The number of nitrogens with one attached hydrogen (secondary N) is 1. The summed E-state index contributed by atoms with van der Waals surface area (Å²) in [5.74, 6) is -1.15. The van der Waals surface area contributed by atoms with Crippen LogP contribution in [0.4, 0.5) is 0 Å². The fourth-order valence-corrected chi connectivity index (χ4v) is 2.18. The fraction of sp³-hybridized carbons (Fsp3) is 0.462. The molecule has 104 valence electrons. The number of carboxylic acid groups (broad SMARTS) is 1. The Kier molecular flexibility index (Phi) is 6.35. The van der Waals surface area contributed by atoms with Crippen LogP contribution in [0.2, 0.25) is 0 Å². The van der Waals surface area contributed by atoms with Crippen molar-refractivity contribution in [1.29, 1.82) is 0 Å². The number of rotatable bonds is 7. The highest BCUT2D eigenvalue weighted by Crippen LogP contribution is 2.16. The van der Waals surface area contributed by atoms with Crippen LogP contribution in [0.25, 0.3) is 0 Å². The normalized spacial score (nSPS) is 13.6. The average molecular weight is 282 g/mol. The van der Waals surface area contributed by atoms with Crippen molar-refractivity contribution in [1.82, 2.24) is 10.3 Å². The first-order valence-corrected chi connectivity index (χ1v) is 7.08. The molecular weight excluding hydrogens is 264 g/mol. The van der Waals surface area contributed by atoms with Crippen LogP contribution in [-0.2, 0) is 9.59 Å². The summed E-state index contributed by atoms with van der Waals surface area (Å²) in [6.45, 7) is 3.72. The molecule has 0 fully saturated rings. The summed E-state index contributed by atoms with van der Waals surface area (Å²) in [5.41, 5.74) is 0. The molecule has 1 heterocycles. The zero-order chi connectivity index (χ0) is 14.3. The number of hydrogen-bond acceptors (Lipinski definition) is 4. The first kappa shape index (κ1) is 15.5. The van der Waals surface area contributed by atoms with Crippen molar-refractivity contribution in [3.8, 4) is 0 Å². The number of thioether (sulfide) groups is 1. The van der Waals surface area contributed by atoms with Crippen LogP contribution in [0.3, 0.4) is 0 Å². The van der Waals surface area contributed by atoms with E-state index in [0.29, 0.717) is 6.42 Å². The Morgan fingerprint density at radius 1 is 1.42 bits per heavy atom. The lowest BCUT2D eigenvalue weighted by Crippen LogP contribution is -2.45. The Morgan fingerprint density at radius 3 is 2.58 bits per heavy atom. The number of pyridine rings is 1. The number of carboxylic acids is 1. The van der Waals surface area contributed by atoms with Crippen LogP contribution >= 0.6 is 11.8 Å².